The van der Waals surface area contributed by atoms with E-state index in [-0.39, 0.29) is 5.92 Å². The summed E-state index contributed by atoms with van der Waals surface area (Å²) in [7, 11) is 0. The van der Waals surface area contributed by atoms with Crippen LogP contribution in [0.4, 0.5) is 0 Å². The lowest BCUT2D eigenvalue weighted by Gasteiger charge is -2.16. The second-order valence-corrected chi connectivity index (χ2v) is 14.4. The van der Waals surface area contributed by atoms with Gasteiger partial charge in [-0.2, -0.15) is 0 Å². The van der Waals surface area contributed by atoms with Crippen molar-refractivity contribution in [1.82, 2.24) is 24.1 Å². The number of rotatable bonds is 5. The maximum Gasteiger partial charge on any atom is 0.163 e. The van der Waals surface area contributed by atoms with E-state index >= 15 is 0 Å². The fraction of sp³-hybridized carbons (Fsp3) is 0.0408. The first-order valence-corrected chi connectivity index (χ1v) is 18.9. The standard InChI is InChI=1S/C49H31N5O2/c1-2-10-30(11-3-1)49-51-24-25-53(49)33-13-8-12-32(26-33)40-29-37(48-47(52-40)46-45(56-48)18-9-23-50-46)31-19-21-43-38(27-31)39-28-34(20-22-44(39)55-43)54-41-16-6-4-14-35(41)36-15-5-7-17-42(36)54/h1-10,12-30H,11H2. The number of benzene rings is 5. The molecule has 1 atom stereocenters. The normalized spacial score (nSPS) is 14.4. The molecule has 11 aromatic rings. The molecule has 0 saturated carbocycles. The highest BCUT2D eigenvalue weighted by Crippen LogP contribution is 2.41. The van der Waals surface area contributed by atoms with Crippen molar-refractivity contribution in [3.63, 3.8) is 0 Å². The van der Waals surface area contributed by atoms with Crippen LogP contribution in [0.2, 0.25) is 0 Å². The summed E-state index contributed by atoms with van der Waals surface area (Å²) in [4.78, 5) is 14.7. The molecule has 1 aliphatic rings. The van der Waals surface area contributed by atoms with E-state index in [0.717, 1.165) is 79.0 Å². The Kier molecular flexibility index (Phi) is 6.62. The zero-order valence-electron chi connectivity index (χ0n) is 30.0. The molecular formula is C49H31N5O2. The fourth-order valence-electron chi connectivity index (χ4n) is 8.59. The number of aromatic nitrogens is 5. The molecule has 56 heavy (non-hydrogen) atoms. The van der Waals surface area contributed by atoms with Gasteiger partial charge < -0.3 is 18.0 Å². The molecule has 12 rings (SSSR count). The Morgan fingerprint density at radius 2 is 1.39 bits per heavy atom. The van der Waals surface area contributed by atoms with Gasteiger partial charge >= 0.3 is 0 Å². The topological polar surface area (TPSA) is 74.8 Å². The van der Waals surface area contributed by atoms with E-state index < -0.39 is 0 Å². The van der Waals surface area contributed by atoms with Crippen molar-refractivity contribution >= 4 is 65.9 Å². The van der Waals surface area contributed by atoms with Gasteiger partial charge in [0, 0.05) is 68.6 Å². The summed E-state index contributed by atoms with van der Waals surface area (Å²) in [5.41, 5.74) is 12.7. The van der Waals surface area contributed by atoms with Gasteiger partial charge in [-0.25, -0.2) is 9.97 Å². The Balaban J connectivity index is 1.03. The van der Waals surface area contributed by atoms with E-state index in [9.17, 15) is 0 Å². The number of para-hydroxylation sites is 2. The summed E-state index contributed by atoms with van der Waals surface area (Å²) in [6, 6.07) is 44.5. The molecule has 7 heteroatoms. The molecule has 0 spiro atoms. The van der Waals surface area contributed by atoms with Crippen molar-refractivity contribution in [3.05, 3.63) is 176 Å². The van der Waals surface area contributed by atoms with Crippen molar-refractivity contribution in [2.45, 2.75) is 12.3 Å². The largest absolute Gasteiger partial charge is 0.456 e. The maximum absolute atomic E-state index is 6.55. The van der Waals surface area contributed by atoms with Gasteiger partial charge in [0.2, 0.25) is 0 Å². The predicted molar refractivity (Wildman–Crippen MR) is 225 cm³/mol. The van der Waals surface area contributed by atoms with Crippen LogP contribution in [0.5, 0.6) is 0 Å². The Morgan fingerprint density at radius 3 is 2.23 bits per heavy atom. The minimum Gasteiger partial charge on any atom is -0.456 e. The van der Waals surface area contributed by atoms with E-state index in [0.29, 0.717) is 11.2 Å². The van der Waals surface area contributed by atoms with Crippen LogP contribution < -0.4 is 0 Å². The van der Waals surface area contributed by atoms with Crippen LogP contribution in [-0.2, 0) is 0 Å². The minimum atomic E-state index is 0.218. The summed E-state index contributed by atoms with van der Waals surface area (Å²) in [5, 5.41) is 4.54. The van der Waals surface area contributed by atoms with Gasteiger partial charge in [-0.05, 0) is 84.8 Å². The summed E-state index contributed by atoms with van der Waals surface area (Å²) in [6.07, 6.45) is 15.2. The van der Waals surface area contributed by atoms with E-state index in [1.54, 1.807) is 6.20 Å². The first-order chi connectivity index (χ1) is 27.7. The van der Waals surface area contributed by atoms with Crippen LogP contribution in [0.15, 0.2) is 179 Å². The lowest BCUT2D eigenvalue weighted by atomic mass is 9.99. The van der Waals surface area contributed by atoms with Gasteiger partial charge in [-0.1, -0.05) is 78.9 Å². The number of fused-ring (bicyclic) bond motifs is 9. The number of imidazole rings is 1. The molecule has 7 nitrogen and oxygen atoms in total. The van der Waals surface area contributed by atoms with Crippen LogP contribution in [0, 0.1) is 0 Å². The zero-order chi connectivity index (χ0) is 36.7. The monoisotopic (exact) mass is 721 g/mol. The molecule has 0 saturated heterocycles. The lowest BCUT2D eigenvalue weighted by Crippen LogP contribution is -2.06. The van der Waals surface area contributed by atoms with E-state index in [1.807, 2.05) is 24.5 Å². The molecule has 264 valence electrons. The zero-order valence-corrected chi connectivity index (χ0v) is 30.0. The molecule has 6 heterocycles. The summed E-state index contributed by atoms with van der Waals surface area (Å²) >= 11 is 0. The van der Waals surface area contributed by atoms with Crippen molar-refractivity contribution < 1.29 is 8.83 Å². The summed E-state index contributed by atoms with van der Waals surface area (Å²) in [6.45, 7) is 0. The Labute approximate surface area is 320 Å². The number of hydrogen-bond donors (Lipinski definition) is 0. The second-order valence-electron chi connectivity index (χ2n) is 14.4. The third-order valence-corrected chi connectivity index (χ3v) is 11.2. The highest BCUT2D eigenvalue weighted by molar-refractivity contribution is 6.12. The smallest absolute Gasteiger partial charge is 0.163 e. The molecule has 0 fully saturated rings. The third kappa shape index (κ3) is 4.67. The highest BCUT2D eigenvalue weighted by Gasteiger charge is 2.21. The predicted octanol–water partition coefficient (Wildman–Crippen LogP) is 12.5. The van der Waals surface area contributed by atoms with Crippen molar-refractivity contribution in [2.75, 3.05) is 0 Å². The van der Waals surface area contributed by atoms with Crippen LogP contribution in [0.3, 0.4) is 0 Å². The van der Waals surface area contributed by atoms with Gasteiger partial charge in [0.1, 0.15) is 28.0 Å². The van der Waals surface area contributed by atoms with E-state index in [4.69, 9.17) is 23.8 Å². The third-order valence-electron chi connectivity index (χ3n) is 11.2. The average molecular weight is 722 g/mol. The Hall–Kier alpha value is -7.51. The first kappa shape index (κ1) is 30.9. The molecule has 0 amide bonds. The van der Waals surface area contributed by atoms with Crippen LogP contribution in [0.1, 0.15) is 18.2 Å². The lowest BCUT2D eigenvalue weighted by molar-refractivity contribution is 0.667. The van der Waals surface area contributed by atoms with Gasteiger partial charge in [-0.15, -0.1) is 0 Å². The molecule has 6 aromatic heterocycles. The Morgan fingerprint density at radius 1 is 0.571 bits per heavy atom. The maximum atomic E-state index is 6.55. The molecular weight excluding hydrogens is 691 g/mol. The minimum absolute atomic E-state index is 0.218. The molecule has 0 bridgehead atoms. The van der Waals surface area contributed by atoms with Crippen molar-refractivity contribution in [3.8, 4) is 33.8 Å². The first-order valence-electron chi connectivity index (χ1n) is 18.9. The van der Waals surface area contributed by atoms with E-state index in [1.165, 1.54) is 21.8 Å². The second kappa shape index (κ2) is 12.0. The number of pyridine rings is 2. The molecule has 0 aliphatic heterocycles. The van der Waals surface area contributed by atoms with Gasteiger partial charge in [-0.3, -0.25) is 4.98 Å². The van der Waals surface area contributed by atoms with Gasteiger partial charge in [0.05, 0.1) is 16.7 Å². The van der Waals surface area contributed by atoms with Crippen molar-refractivity contribution in [1.29, 1.82) is 0 Å². The molecule has 0 N–H and O–H groups in total. The number of furan rings is 2. The summed E-state index contributed by atoms with van der Waals surface area (Å²) < 4.78 is 17.5. The quantitative estimate of drug-likeness (QED) is 0.177. The number of allylic oxidation sites excluding steroid dienone is 4. The van der Waals surface area contributed by atoms with Crippen LogP contribution in [-0.4, -0.2) is 24.1 Å². The molecule has 5 aromatic carbocycles. The highest BCUT2D eigenvalue weighted by atomic mass is 16.3. The molecule has 1 unspecified atom stereocenters. The Bertz CT molecular complexity index is 3380. The van der Waals surface area contributed by atoms with Gasteiger partial charge in [0.15, 0.2) is 11.2 Å². The fourth-order valence-corrected chi connectivity index (χ4v) is 8.59. The average Bonchev–Trinajstić information content (AvgIpc) is 4.05. The van der Waals surface area contributed by atoms with Crippen molar-refractivity contribution in [2.24, 2.45) is 0 Å². The number of hydrogen-bond acceptors (Lipinski definition) is 5. The van der Waals surface area contributed by atoms with Crippen LogP contribution >= 0.6 is 0 Å². The summed E-state index contributed by atoms with van der Waals surface area (Å²) in [5.74, 6) is 1.23. The van der Waals surface area contributed by atoms with E-state index in [2.05, 4.69) is 149 Å². The molecule has 1 aliphatic carbocycles. The molecule has 0 radical (unpaired) electrons. The van der Waals surface area contributed by atoms with Crippen LogP contribution in [0.25, 0.3) is 99.7 Å². The number of nitrogens with zero attached hydrogens (tertiary/aromatic N) is 5. The SMILES string of the molecule is C1=CCC(c2nccn2-c2cccc(-c3cc(-c4ccc5oc6ccc(-n7c8ccccc8c8ccccc87)cc6c5c4)c4oc5cccnc5c4n3)c2)C=C1. The van der Waals surface area contributed by atoms with Gasteiger partial charge in [0.25, 0.3) is 0 Å².